The van der Waals surface area contributed by atoms with Gasteiger partial charge in [0.15, 0.2) is 6.61 Å². The number of anilines is 1. The second-order valence-corrected chi connectivity index (χ2v) is 5.88. The lowest BCUT2D eigenvalue weighted by Gasteiger charge is -2.18. The van der Waals surface area contributed by atoms with Gasteiger partial charge in [0.25, 0.3) is 0 Å². The van der Waals surface area contributed by atoms with Gasteiger partial charge in [-0.25, -0.2) is 0 Å². The van der Waals surface area contributed by atoms with E-state index in [-0.39, 0.29) is 23.9 Å². The number of carbonyl (C=O) groups is 2. The van der Waals surface area contributed by atoms with E-state index in [1.807, 2.05) is 0 Å². The summed E-state index contributed by atoms with van der Waals surface area (Å²) in [5.74, 6) is -0.972. The highest BCUT2D eigenvalue weighted by Gasteiger charge is 2.29. The zero-order valence-corrected chi connectivity index (χ0v) is 13.1. The lowest BCUT2D eigenvalue weighted by Crippen LogP contribution is -2.39. The Bertz CT molecular complexity index is 566. The molecule has 23 heavy (non-hydrogen) atoms. The van der Waals surface area contributed by atoms with Crippen molar-refractivity contribution < 1.29 is 27.5 Å². The number of hydrogen-bond donors (Lipinski definition) is 2. The number of hydrogen-bond acceptors (Lipinski definition) is 3. The molecule has 8 heteroatoms. The van der Waals surface area contributed by atoms with Gasteiger partial charge in [-0.2, -0.15) is 13.2 Å². The number of ether oxygens (including phenoxy) is 1. The third-order valence-electron chi connectivity index (χ3n) is 2.64. The molecule has 0 atom stereocenters. The molecule has 128 valence electrons. The van der Waals surface area contributed by atoms with E-state index in [4.69, 9.17) is 0 Å². The van der Waals surface area contributed by atoms with Gasteiger partial charge in [0.2, 0.25) is 11.8 Å². The molecule has 0 aromatic heterocycles. The van der Waals surface area contributed by atoms with E-state index in [1.165, 1.54) is 18.2 Å². The summed E-state index contributed by atoms with van der Waals surface area (Å²) in [4.78, 5) is 23.5. The van der Waals surface area contributed by atoms with Crippen LogP contribution in [0.2, 0.25) is 0 Å². The number of carbonyl (C=O) groups excluding carboxylic acids is 2. The van der Waals surface area contributed by atoms with Crippen LogP contribution in [-0.2, 0) is 9.59 Å². The maximum absolute atomic E-state index is 12.2. The first-order valence-corrected chi connectivity index (χ1v) is 6.86. The monoisotopic (exact) mass is 332 g/mol. The normalized spacial score (nSPS) is 11.7. The Morgan fingerprint density at radius 3 is 2.30 bits per heavy atom. The molecule has 0 fully saturated rings. The standard InChI is InChI=1S/C15H19F3N2O3/c1-14(2,3)13(22)19-8-12(21)20-10-6-4-5-7-11(10)23-9-15(16,17)18/h4-7H,8-9H2,1-3H3,(H,19,22)(H,20,21). The summed E-state index contributed by atoms with van der Waals surface area (Å²) in [6.07, 6.45) is -4.47. The lowest BCUT2D eigenvalue weighted by molar-refractivity contribution is -0.153. The Morgan fingerprint density at radius 2 is 1.74 bits per heavy atom. The molecule has 0 aliphatic heterocycles. The molecule has 0 saturated heterocycles. The van der Waals surface area contributed by atoms with E-state index >= 15 is 0 Å². The van der Waals surface area contributed by atoms with E-state index in [0.29, 0.717) is 0 Å². The smallest absolute Gasteiger partial charge is 0.422 e. The average molecular weight is 332 g/mol. The number of benzene rings is 1. The first kappa shape index (κ1) is 18.8. The second kappa shape index (κ2) is 7.34. The Balaban J connectivity index is 2.63. The van der Waals surface area contributed by atoms with Crippen molar-refractivity contribution in [2.45, 2.75) is 26.9 Å². The largest absolute Gasteiger partial charge is 0.482 e. The quantitative estimate of drug-likeness (QED) is 0.871. The second-order valence-electron chi connectivity index (χ2n) is 5.88. The van der Waals surface area contributed by atoms with Crippen LogP contribution < -0.4 is 15.4 Å². The molecule has 0 heterocycles. The van der Waals surface area contributed by atoms with E-state index < -0.39 is 24.1 Å². The van der Waals surface area contributed by atoms with Crippen molar-refractivity contribution in [1.29, 1.82) is 0 Å². The van der Waals surface area contributed by atoms with Crippen molar-refractivity contribution in [3.8, 4) is 5.75 Å². The maximum Gasteiger partial charge on any atom is 0.422 e. The fourth-order valence-electron chi connectivity index (χ4n) is 1.48. The zero-order chi connectivity index (χ0) is 17.7. The molecule has 0 aliphatic rings. The Labute approximate surface area is 132 Å². The van der Waals surface area contributed by atoms with Crippen LogP contribution in [0.5, 0.6) is 5.75 Å². The van der Waals surface area contributed by atoms with E-state index in [1.54, 1.807) is 26.8 Å². The van der Waals surface area contributed by atoms with Gasteiger partial charge in [0, 0.05) is 5.41 Å². The van der Waals surface area contributed by atoms with Crippen molar-refractivity contribution in [2.75, 3.05) is 18.5 Å². The Morgan fingerprint density at radius 1 is 1.13 bits per heavy atom. The van der Waals surface area contributed by atoms with Crippen LogP contribution >= 0.6 is 0 Å². The predicted octanol–water partition coefficient (Wildman–Crippen LogP) is 2.73. The van der Waals surface area contributed by atoms with Gasteiger partial charge in [0.05, 0.1) is 12.2 Å². The first-order chi connectivity index (χ1) is 10.5. The van der Waals surface area contributed by atoms with Gasteiger partial charge in [-0.3, -0.25) is 9.59 Å². The van der Waals surface area contributed by atoms with Crippen LogP contribution in [0.3, 0.4) is 0 Å². The van der Waals surface area contributed by atoms with Crippen LogP contribution in [0.1, 0.15) is 20.8 Å². The molecule has 0 spiro atoms. The minimum Gasteiger partial charge on any atom is -0.482 e. The molecular formula is C15H19F3N2O3. The zero-order valence-electron chi connectivity index (χ0n) is 13.1. The topological polar surface area (TPSA) is 67.4 Å². The minimum atomic E-state index is -4.47. The average Bonchev–Trinajstić information content (AvgIpc) is 2.42. The predicted molar refractivity (Wildman–Crippen MR) is 79.1 cm³/mol. The van der Waals surface area contributed by atoms with Crippen molar-refractivity contribution in [1.82, 2.24) is 5.32 Å². The molecule has 0 unspecified atom stereocenters. The summed E-state index contributed by atoms with van der Waals surface area (Å²) >= 11 is 0. The van der Waals surface area contributed by atoms with Gasteiger partial charge in [-0.05, 0) is 12.1 Å². The third-order valence-corrected chi connectivity index (χ3v) is 2.64. The summed E-state index contributed by atoms with van der Waals surface area (Å²) in [6, 6.07) is 5.76. The molecule has 2 N–H and O–H groups in total. The molecule has 0 radical (unpaired) electrons. The number of halogens is 3. The van der Waals surface area contributed by atoms with Crippen molar-refractivity contribution in [3.05, 3.63) is 24.3 Å². The summed E-state index contributed by atoms with van der Waals surface area (Å²) < 4.78 is 41.2. The summed E-state index contributed by atoms with van der Waals surface area (Å²) in [6.45, 7) is 3.34. The molecule has 0 aliphatic carbocycles. The molecule has 5 nitrogen and oxygen atoms in total. The van der Waals surface area contributed by atoms with Crippen molar-refractivity contribution in [3.63, 3.8) is 0 Å². The number of nitrogens with one attached hydrogen (secondary N) is 2. The Hall–Kier alpha value is -2.25. The van der Waals surface area contributed by atoms with Gasteiger partial charge in [-0.15, -0.1) is 0 Å². The fraction of sp³-hybridized carbons (Fsp3) is 0.467. The molecule has 1 aromatic rings. The van der Waals surface area contributed by atoms with Gasteiger partial charge in [-0.1, -0.05) is 32.9 Å². The van der Waals surface area contributed by atoms with Crippen LogP contribution in [0.15, 0.2) is 24.3 Å². The van der Waals surface area contributed by atoms with Crippen LogP contribution in [0.25, 0.3) is 0 Å². The van der Waals surface area contributed by atoms with E-state index in [0.717, 1.165) is 0 Å². The highest BCUT2D eigenvalue weighted by molar-refractivity contribution is 5.96. The maximum atomic E-state index is 12.2. The van der Waals surface area contributed by atoms with Crippen molar-refractivity contribution >= 4 is 17.5 Å². The molecule has 0 bridgehead atoms. The van der Waals surface area contributed by atoms with Crippen LogP contribution in [0, 0.1) is 5.41 Å². The van der Waals surface area contributed by atoms with Gasteiger partial charge < -0.3 is 15.4 Å². The lowest BCUT2D eigenvalue weighted by atomic mass is 9.96. The summed E-state index contributed by atoms with van der Waals surface area (Å²) in [5, 5.41) is 4.85. The molecule has 2 amide bonds. The molecular weight excluding hydrogens is 313 g/mol. The number of amides is 2. The SMILES string of the molecule is CC(C)(C)C(=O)NCC(=O)Nc1ccccc1OCC(F)(F)F. The van der Waals surface area contributed by atoms with E-state index in [2.05, 4.69) is 15.4 Å². The van der Waals surface area contributed by atoms with Crippen LogP contribution in [0.4, 0.5) is 18.9 Å². The van der Waals surface area contributed by atoms with Crippen LogP contribution in [-0.4, -0.2) is 31.1 Å². The summed E-state index contributed by atoms with van der Waals surface area (Å²) in [7, 11) is 0. The molecule has 0 saturated carbocycles. The van der Waals surface area contributed by atoms with Gasteiger partial charge >= 0.3 is 6.18 Å². The van der Waals surface area contributed by atoms with Crippen molar-refractivity contribution in [2.24, 2.45) is 5.41 Å². The highest BCUT2D eigenvalue weighted by atomic mass is 19.4. The van der Waals surface area contributed by atoms with Gasteiger partial charge in [0.1, 0.15) is 5.75 Å². The number of alkyl halides is 3. The number of para-hydroxylation sites is 2. The minimum absolute atomic E-state index is 0.0969. The first-order valence-electron chi connectivity index (χ1n) is 6.86. The number of rotatable bonds is 5. The van der Waals surface area contributed by atoms with E-state index in [9.17, 15) is 22.8 Å². The fourth-order valence-corrected chi connectivity index (χ4v) is 1.48. The highest BCUT2D eigenvalue weighted by Crippen LogP contribution is 2.26. The Kier molecular flexibility index (Phi) is 6.00. The molecule has 1 aromatic carbocycles. The summed E-state index contributed by atoms with van der Waals surface area (Å²) in [5.41, 5.74) is -0.541. The molecule has 1 rings (SSSR count). The third kappa shape index (κ3) is 7.03.